The first-order valence-electron chi connectivity index (χ1n) is 8.39. The van der Waals surface area contributed by atoms with Crippen molar-refractivity contribution in [2.24, 2.45) is 0 Å². The number of aryl methyl sites for hydroxylation is 3. The average molecular weight is 381 g/mol. The molecular weight excluding hydrogens is 362 g/mol. The molecule has 1 fully saturated rings. The molecule has 1 saturated heterocycles. The maximum Gasteiger partial charge on any atom is 0.294 e. The first kappa shape index (κ1) is 18.8. The number of aromatic nitrogens is 1. The van der Waals surface area contributed by atoms with Gasteiger partial charge >= 0.3 is 0 Å². The van der Waals surface area contributed by atoms with Gasteiger partial charge in [-0.15, -0.1) is 0 Å². The van der Waals surface area contributed by atoms with Gasteiger partial charge in [-0.3, -0.25) is 24.3 Å². The van der Waals surface area contributed by atoms with Crippen LogP contribution < -0.4 is 5.32 Å². The van der Waals surface area contributed by atoms with Crippen molar-refractivity contribution in [1.82, 2.24) is 9.88 Å². The van der Waals surface area contributed by atoms with Gasteiger partial charge in [0.2, 0.25) is 5.91 Å². The van der Waals surface area contributed by atoms with Crippen LogP contribution in [-0.4, -0.2) is 33.5 Å². The van der Waals surface area contributed by atoms with Crippen LogP contribution in [-0.2, 0) is 9.59 Å². The van der Waals surface area contributed by atoms with Gasteiger partial charge in [-0.05, 0) is 74.0 Å². The Hall–Kier alpha value is -2.93. The minimum Gasteiger partial charge on any atom is -0.325 e. The Labute approximate surface area is 161 Å². The van der Waals surface area contributed by atoms with Crippen LogP contribution in [0, 0.1) is 20.8 Å². The molecule has 7 heteroatoms. The number of carbonyl (C=O) groups is 3. The minimum absolute atomic E-state index is 0.261. The van der Waals surface area contributed by atoms with E-state index in [1.165, 1.54) is 0 Å². The van der Waals surface area contributed by atoms with Crippen LogP contribution >= 0.6 is 11.8 Å². The van der Waals surface area contributed by atoms with Crippen LogP contribution in [0.1, 0.15) is 22.5 Å². The van der Waals surface area contributed by atoms with Crippen molar-refractivity contribution in [2.45, 2.75) is 20.8 Å². The number of benzene rings is 1. The summed E-state index contributed by atoms with van der Waals surface area (Å²) < 4.78 is 0. The third-order valence-electron chi connectivity index (χ3n) is 4.15. The molecule has 0 unspecified atom stereocenters. The molecule has 0 bridgehead atoms. The van der Waals surface area contributed by atoms with Crippen molar-refractivity contribution >= 4 is 40.6 Å². The number of anilines is 1. The van der Waals surface area contributed by atoms with Gasteiger partial charge in [-0.2, -0.15) is 0 Å². The zero-order valence-electron chi connectivity index (χ0n) is 15.3. The van der Waals surface area contributed by atoms with Crippen LogP contribution in [0.4, 0.5) is 10.5 Å². The van der Waals surface area contributed by atoms with Gasteiger partial charge < -0.3 is 5.32 Å². The van der Waals surface area contributed by atoms with Crippen LogP contribution in [0.15, 0.2) is 41.3 Å². The Morgan fingerprint density at radius 3 is 2.63 bits per heavy atom. The number of hydrogen-bond acceptors (Lipinski definition) is 5. The first-order valence-corrected chi connectivity index (χ1v) is 9.21. The van der Waals surface area contributed by atoms with Crippen LogP contribution in [0.3, 0.4) is 0 Å². The lowest BCUT2D eigenvalue weighted by Crippen LogP contribution is -2.36. The zero-order valence-corrected chi connectivity index (χ0v) is 16.1. The van der Waals surface area contributed by atoms with Crippen molar-refractivity contribution < 1.29 is 14.4 Å². The average Bonchev–Trinajstić information content (AvgIpc) is 2.86. The van der Waals surface area contributed by atoms with E-state index < -0.39 is 17.1 Å². The van der Waals surface area contributed by atoms with Gasteiger partial charge in [0.25, 0.3) is 11.1 Å². The second-order valence-corrected chi connectivity index (χ2v) is 7.31. The molecule has 138 valence electrons. The topological polar surface area (TPSA) is 79.4 Å². The van der Waals surface area contributed by atoms with Crippen molar-refractivity contribution in [3.63, 3.8) is 0 Å². The molecule has 3 amide bonds. The summed E-state index contributed by atoms with van der Waals surface area (Å²) in [5, 5.41) is 2.26. The summed E-state index contributed by atoms with van der Waals surface area (Å²) in [5.41, 5.74) is 4.21. The molecular formula is C20H19N3O3S. The number of nitrogens with one attached hydrogen (secondary N) is 1. The van der Waals surface area contributed by atoms with Crippen LogP contribution in [0.2, 0.25) is 0 Å². The van der Waals surface area contributed by atoms with Gasteiger partial charge in [0, 0.05) is 11.4 Å². The number of imide groups is 1. The molecule has 2 aromatic rings. The molecule has 1 N–H and O–H groups in total. The molecule has 2 heterocycles. The number of thioether (sulfide) groups is 1. The van der Waals surface area contributed by atoms with Crippen molar-refractivity contribution in [2.75, 3.05) is 11.9 Å². The molecule has 0 spiro atoms. The highest BCUT2D eigenvalue weighted by atomic mass is 32.2. The Bertz CT molecular complexity index is 969. The van der Waals surface area contributed by atoms with Crippen LogP contribution in [0.25, 0.3) is 6.08 Å². The lowest BCUT2D eigenvalue weighted by atomic mass is 10.1. The Balaban J connectivity index is 1.69. The van der Waals surface area contributed by atoms with Crippen molar-refractivity contribution in [3.8, 4) is 0 Å². The van der Waals surface area contributed by atoms with Gasteiger partial charge in [0.05, 0.1) is 10.6 Å². The first-order chi connectivity index (χ1) is 12.8. The normalized spacial score (nSPS) is 15.5. The Morgan fingerprint density at radius 2 is 1.93 bits per heavy atom. The molecule has 6 nitrogen and oxygen atoms in total. The van der Waals surface area contributed by atoms with Gasteiger partial charge in [-0.25, -0.2) is 0 Å². The summed E-state index contributed by atoms with van der Waals surface area (Å²) in [7, 11) is 0. The smallest absolute Gasteiger partial charge is 0.294 e. The third-order valence-corrected chi connectivity index (χ3v) is 5.06. The predicted octanol–water partition coefficient (Wildman–Crippen LogP) is 3.68. The number of amides is 3. The van der Waals surface area contributed by atoms with E-state index in [4.69, 9.17) is 0 Å². The molecule has 0 saturated carbocycles. The van der Waals surface area contributed by atoms with Gasteiger partial charge in [0.15, 0.2) is 0 Å². The zero-order chi connectivity index (χ0) is 19.6. The Kier molecular flexibility index (Phi) is 5.41. The van der Waals surface area contributed by atoms with E-state index in [0.717, 1.165) is 33.5 Å². The molecule has 1 aliphatic heterocycles. The highest BCUT2D eigenvalue weighted by Gasteiger charge is 2.36. The predicted molar refractivity (Wildman–Crippen MR) is 106 cm³/mol. The number of hydrogen-bond donors (Lipinski definition) is 1. The molecule has 0 atom stereocenters. The molecule has 1 aliphatic rings. The third kappa shape index (κ3) is 4.43. The summed E-state index contributed by atoms with van der Waals surface area (Å²) in [5.74, 6) is -0.904. The standard InChI is InChI=1S/C20H19N3O3S/c1-12-7-8-16(9-13(12)2)22-18(24)11-23-19(25)17(27-20(23)26)10-15-6-4-5-14(3)21-15/h4-10H,11H2,1-3H3,(H,22,24)/b17-10+. The molecule has 3 rings (SSSR count). The second-order valence-electron chi connectivity index (χ2n) is 6.32. The summed E-state index contributed by atoms with van der Waals surface area (Å²) in [4.78, 5) is 42.4. The number of nitrogens with zero attached hydrogens (tertiary/aromatic N) is 2. The maximum absolute atomic E-state index is 12.5. The fourth-order valence-electron chi connectivity index (χ4n) is 2.58. The van der Waals surface area contributed by atoms with E-state index >= 15 is 0 Å². The fraction of sp³-hybridized carbons (Fsp3) is 0.200. The maximum atomic E-state index is 12.5. The van der Waals surface area contributed by atoms with Crippen LogP contribution in [0.5, 0.6) is 0 Å². The highest BCUT2D eigenvalue weighted by Crippen LogP contribution is 2.31. The lowest BCUT2D eigenvalue weighted by molar-refractivity contribution is -0.127. The summed E-state index contributed by atoms with van der Waals surface area (Å²) >= 11 is 0.814. The fourth-order valence-corrected chi connectivity index (χ4v) is 3.40. The van der Waals surface area contributed by atoms with Gasteiger partial charge in [0.1, 0.15) is 6.54 Å². The highest BCUT2D eigenvalue weighted by molar-refractivity contribution is 8.18. The molecule has 1 aromatic heterocycles. The molecule has 1 aromatic carbocycles. The number of pyridine rings is 1. The summed E-state index contributed by atoms with van der Waals surface area (Å²) in [6, 6.07) is 11.0. The van der Waals surface area contributed by atoms with E-state index in [2.05, 4.69) is 10.3 Å². The molecule has 0 aliphatic carbocycles. The molecule has 27 heavy (non-hydrogen) atoms. The summed E-state index contributed by atoms with van der Waals surface area (Å²) in [6.45, 7) is 5.46. The van der Waals surface area contributed by atoms with Gasteiger partial charge in [-0.1, -0.05) is 12.1 Å². The van der Waals surface area contributed by atoms with E-state index in [1.54, 1.807) is 18.2 Å². The van der Waals surface area contributed by atoms with E-state index in [0.29, 0.717) is 11.4 Å². The quantitative estimate of drug-likeness (QED) is 0.817. The SMILES string of the molecule is Cc1cccc(/C=C2/SC(=O)N(CC(=O)Nc3ccc(C)c(C)c3)C2=O)n1. The number of carbonyl (C=O) groups excluding carboxylic acids is 3. The second kappa shape index (κ2) is 7.75. The minimum atomic E-state index is -0.483. The largest absolute Gasteiger partial charge is 0.325 e. The summed E-state index contributed by atoms with van der Waals surface area (Å²) in [6.07, 6.45) is 1.57. The van der Waals surface area contributed by atoms with Crippen molar-refractivity contribution in [3.05, 3.63) is 63.8 Å². The van der Waals surface area contributed by atoms with E-state index in [1.807, 2.05) is 45.0 Å². The number of rotatable bonds is 4. The van der Waals surface area contributed by atoms with Crippen molar-refractivity contribution in [1.29, 1.82) is 0 Å². The van der Waals surface area contributed by atoms with E-state index in [9.17, 15) is 14.4 Å². The monoisotopic (exact) mass is 381 g/mol. The molecule has 0 radical (unpaired) electrons. The Morgan fingerprint density at radius 1 is 1.15 bits per heavy atom. The lowest BCUT2D eigenvalue weighted by Gasteiger charge is -2.13. The van der Waals surface area contributed by atoms with E-state index in [-0.39, 0.29) is 11.4 Å².